The first-order valence-corrected chi connectivity index (χ1v) is 11.6. The molecule has 1 aromatic rings. The lowest BCUT2D eigenvalue weighted by Gasteiger charge is -2.29. The number of amides is 4. The highest BCUT2D eigenvalue weighted by atomic mass is 16.2. The number of nitrogens with two attached hydrogens (primary N) is 1. The monoisotopic (exact) mass is 459 g/mol. The molecule has 0 spiro atoms. The molecule has 2 rings (SSSR count). The second kappa shape index (κ2) is 12.3. The molecule has 9 nitrogen and oxygen atoms in total. The third-order valence-electron chi connectivity index (χ3n) is 5.80. The molecule has 1 aliphatic rings. The first-order valence-electron chi connectivity index (χ1n) is 11.6. The Balaban J connectivity index is 2.14. The Labute approximate surface area is 195 Å². The second-order valence-corrected chi connectivity index (χ2v) is 9.02. The van der Waals surface area contributed by atoms with Crippen LogP contribution in [0.1, 0.15) is 45.6 Å². The Kier molecular flexibility index (Phi) is 9.84. The van der Waals surface area contributed by atoms with E-state index in [1.165, 1.54) is 11.9 Å². The van der Waals surface area contributed by atoms with Crippen molar-refractivity contribution in [1.82, 2.24) is 20.9 Å². The molecule has 1 heterocycles. The number of rotatable bonds is 10. The van der Waals surface area contributed by atoms with Crippen LogP contribution in [-0.4, -0.2) is 66.3 Å². The van der Waals surface area contributed by atoms with Crippen molar-refractivity contribution in [3.8, 4) is 0 Å². The lowest BCUT2D eigenvalue weighted by molar-refractivity contribution is -0.140. The van der Waals surface area contributed by atoms with Gasteiger partial charge in [-0.3, -0.25) is 19.2 Å². The lowest BCUT2D eigenvalue weighted by Crippen LogP contribution is -2.57. The van der Waals surface area contributed by atoms with Gasteiger partial charge in [0.05, 0.1) is 6.04 Å². The number of carbonyl (C=O) groups excluding carboxylic acids is 4. The molecule has 0 radical (unpaired) electrons. The minimum absolute atomic E-state index is 0.237. The molecule has 4 amide bonds. The van der Waals surface area contributed by atoms with Gasteiger partial charge in [-0.15, -0.1) is 0 Å². The molecule has 0 saturated carbocycles. The lowest BCUT2D eigenvalue weighted by atomic mass is 10.0. The van der Waals surface area contributed by atoms with Gasteiger partial charge in [-0.25, -0.2) is 0 Å². The van der Waals surface area contributed by atoms with Crippen molar-refractivity contribution in [2.75, 3.05) is 13.6 Å². The fourth-order valence-electron chi connectivity index (χ4n) is 4.05. The fourth-order valence-corrected chi connectivity index (χ4v) is 4.05. The van der Waals surface area contributed by atoms with Gasteiger partial charge < -0.3 is 26.6 Å². The summed E-state index contributed by atoms with van der Waals surface area (Å²) in [6.45, 7) is 6.03. The van der Waals surface area contributed by atoms with Gasteiger partial charge in [-0.1, -0.05) is 44.2 Å². The summed E-state index contributed by atoms with van der Waals surface area (Å²) in [6, 6.07) is 6.33. The molecule has 33 heavy (non-hydrogen) atoms. The normalized spacial score (nSPS) is 18.4. The number of benzene rings is 1. The molecule has 0 unspecified atom stereocenters. The van der Waals surface area contributed by atoms with Crippen molar-refractivity contribution in [3.63, 3.8) is 0 Å². The topological polar surface area (TPSA) is 134 Å². The molecule has 182 valence electrons. The maximum Gasteiger partial charge on any atom is 0.243 e. The van der Waals surface area contributed by atoms with E-state index in [4.69, 9.17) is 5.73 Å². The molecule has 0 aliphatic carbocycles. The van der Waals surface area contributed by atoms with Crippen LogP contribution in [0.4, 0.5) is 0 Å². The maximum absolute atomic E-state index is 13.2. The zero-order valence-corrected chi connectivity index (χ0v) is 20.0. The number of hydrogen-bond acceptors (Lipinski definition) is 5. The Bertz CT molecular complexity index is 829. The first kappa shape index (κ1) is 26.3. The second-order valence-electron chi connectivity index (χ2n) is 9.02. The molecule has 1 aromatic carbocycles. The SMILES string of the molecule is CNC(=O)[C@H](C)NC(=O)[C@H](Cc1ccccc1)NC(=O)[C@@H]1CCCN1C(=O)[C@@H](N)CC(C)C. The molecular weight excluding hydrogens is 422 g/mol. The molecule has 9 heteroatoms. The van der Waals surface area contributed by atoms with Gasteiger partial charge in [0.25, 0.3) is 0 Å². The van der Waals surface area contributed by atoms with Crippen LogP contribution in [0.15, 0.2) is 30.3 Å². The molecule has 0 bridgehead atoms. The standard InChI is InChI=1S/C24H37N5O4/c1-15(2)13-18(25)24(33)29-12-8-11-20(29)23(32)28-19(14-17-9-6-5-7-10-17)22(31)27-16(3)21(30)26-4/h5-7,9-10,15-16,18-20H,8,11-14,25H2,1-4H3,(H,26,30)(H,27,31)(H,28,32)/t16-,18-,19-,20-/m0/s1. The van der Waals surface area contributed by atoms with Crippen molar-refractivity contribution in [3.05, 3.63) is 35.9 Å². The Morgan fingerprint density at radius 1 is 1.06 bits per heavy atom. The van der Waals surface area contributed by atoms with Crippen LogP contribution in [0.25, 0.3) is 0 Å². The summed E-state index contributed by atoms with van der Waals surface area (Å²) < 4.78 is 0. The third-order valence-corrected chi connectivity index (χ3v) is 5.80. The molecule has 0 aromatic heterocycles. The van der Waals surface area contributed by atoms with E-state index in [0.29, 0.717) is 25.8 Å². The van der Waals surface area contributed by atoms with E-state index in [2.05, 4.69) is 16.0 Å². The molecule has 5 N–H and O–H groups in total. The summed E-state index contributed by atoms with van der Waals surface area (Å²) in [5.41, 5.74) is 6.95. The third kappa shape index (κ3) is 7.56. The summed E-state index contributed by atoms with van der Waals surface area (Å²) in [5.74, 6) is -1.16. The summed E-state index contributed by atoms with van der Waals surface area (Å²) in [7, 11) is 1.49. The number of hydrogen-bond donors (Lipinski definition) is 4. The van der Waals surface area contributed by atoms with Crippen LogP contribution in [0.3, 0.4) is 0 Å². The van der Waals surface area contributed by atoms with Crippen LogP contribution in [0, 0.1) is 5.92 Å². The van der Waals surface area contributed by atoms with Crippen molar-refractivity contribution < 1.29 is 19.2 Å². The van der Waals surface area contributed by atoms with Crippen LogP contribution in [0.5, 0.6) is 0 Å². The zero-order chi connectivity index (χ0) is 24.5. The van der Waals surface area contributed by atoms with Crippen LogP contribution < -0.4 is 21.7 Å². The van der Waals surface area contributed by atoms with Gasteiger partial charge in [0.2, 0.25) is 23.6 Å². The predicted molar refractivity (Wildman–Crippen MR) is 126 cm³/mol. The molecule has 1 fully saturated rings. The average molecular weight is 460 g/mol. The Hall–Kier alpha value is -2.94. The highest BCUT2D eigenvalue weighted by Crippen LogP contribution is 2.20. The van der Waals surface area contributed by atoms with E-state index in [1.807, 2.05) is 44.2 Å². The van der Waals surface area contributed by atoms with E-state index in [-0.39, 0.29) is 30.1 Å². The minimum atomic E-state index is -0.895. The Morgan fingerprint density at radius 2 is 1.73 bits per heavy atom. The van der Waals surface area contributed by atoms with Gasteiger partial charge >= 0.3 is 0 Å². The number of likely N-dealkylation sites (tertiary alicyclic amines) is 1. The number of nitrogens with zero attached hydrogens (tertiary/aromatic N) is 1. The van der Waals surface area contributed by atoms with Crippen LogP contribution in [0.2, 0.25) is 0 Å². The highest BCUT2D eigenvalue weighted by Gasteiger charge is 2.37. The predicted octanol–water partition coefficient (Wildman–Crippen LogP) is 0.329. The Morgan fingerprint density at radius 3 is 2.33 bits per heavy atom. The van der Waals surface area contributed by atoms with Crippen molar-refractivity contribution in [1.29, 1.82) is 0 Å². The van der Waals surface area contributed by atoms with E-state index in [0.717, 1.165) is 5.56 Å². The minimum Gasteiger partial charge on any atom is -0.357 e. The van der Waals surface area contributed by atoms with E-state index in [9.17, 15) is 19.2 Å². The molecule has 4 atom stereocenters. The van der Waals surface area contributed by atoms with E-state index < -0.39 is 30.1 Å². The number of likely N-dealkylation sites (N-methyl/N-ethyl adjacent to an activating group) is 1. The average Bonchev–Trinajstić information content (AvgIpc) is 3.27. The highest BCUT2D eigenvalue weighted by molar-refractivity contribution is 5.95. The first-order chi connectivity index (χ1) is 15.6. The van der Waals surface area contributed by atoms with Crippen molar-refractivity contribution >= 4 is 23.6 Å². The van der Waals surface area contributed by atoms with E-state index >= 15 is 0 Å². The summed E-state index contributed by atoms with van der Waals surface area (Å²) in [6.07, 6.45) is 2.01. The van der Waals surface area contributed by atoms with Crippen molar-refractivity contribution in [2.45, 2.75) is 70.6 Å². The quantitative estimate of drug-likeness (QED) is 0.400. The van der Waals surface area contributed by atoms with Crippen molar-refractivity contribution in [2.24, 2.45) is 11.7 Å². The van der Waals surface area contributed by atoms with E-state index in [1.54, 1.807) is 6.92 Å². The van der Waals surface area contributed by atoms with Gasteiger partial charge in [0.1, 0.15) is 18.1 Å². The number of nitrogens with one attached hydrogen (secondary N) is 3. The maximum atomic E-state index is 13.2. The summed E-state index contributed by atoms with van der Waals surface area (Å²) >= 11 is 0. The van der Waals surface area contributed by atoms with Gasteiger partial charge in [0.15, 0.2) is 0 Å². The van der Waals surface area contributed by atoms with Gasteiger partial charge in [0, 0.05) is 20.0 Å². The molecular formula is C24H37N5O4. The zero-order valence-electron chi connectivity index (χ0n) is 20.0. The van der Waals surface area contributed by atoms with Crippen LogP contribution in [-0.2, 0) is 25.6 Å². The number of carbonyl (C=O) groups is 4. The van der Waals surface area contributed by atoms with Gasteiger partial charge in [-0.2, -0.15) is 0 Å². The molecule has 1 saturated heterocycles. The molecule has 1 aliphatic heterocycles. The van der Waals surface area contributed by atoms with Crippen LogP contribution >= 0.6 is 0 Å². The summed E-state index contributed by atoms with van der Waals surface area (Å²) in [5, 5.41) is 7.96. The fraction of sp³-hybridized carbons (Fsp3) is 0.583. The largest absolute Gasteiger partial charge is 0.357 e. The smallest absolute Gasteiger partial charge is 0.243 e. The van der Waals surface area contributed by atoms with Gasteiger partial charge in [-0.05, 0) is 37.7 Å². The summed E-state index contributed by atoms with van der Waals surface area (Å²) in [4.78, 5) is 52.4.